The van der Waals surface area contributed by atoms with Gasteiger partial charge in [-0.1, -0.05) is 35.9 Å². The Kier molecular flexibility index (Phi) is 9.11. The van der Waals surface area contributed by atoms with Gasteiger partial charge in [-0.05, 0) is 48.9 Å². The molecule has 2 aromatic carbocycles. The van der Waals surface area contributed by atoms with Crippen LogP contribution < -0.4 is 15.5 Å². The second kappa shape index (κ2) is 12.0. The molecule has 0 aromatic heterocycles. The third kappa shape index (κ3) is 7.45. The number of benzene rings is 2. The minimum absolute atomic E-state index is 0.0146. The second-order valence-corrected chi connectivity index (χ2v) is 9.12. The Hall–Kier alpha value is -2.61. The first-order valence-corrected chi connectivity index (χ1v) is 11.7. The smallest absolute Gasteiger partial charge is 0.309 e. The van der Waals surface area contributed by atoms with Crippen LogP contribution in [0.1, 0.15) is 17.2 Å². The number of rotatable bonds is 8. The van der Waals surface area contributed by atoms with Crippen molar-refractivity contribution in [1.29, 1.82) is 0 Å². The number of nitrogens with one attached hydrogen (secondary N) is 2. The molecule has 0 saturated carbocycles. The van der Waals surface area contributed by atoms with E-state index < -0.39 is 11.8 Å². The van der Waals surface area contributed by atoms with Crippen molar-refractivity contribution in [2.24, 2.45) is 0 Å². The Balaban J connectivity index is 1.56. The van der Waals surface area contributed by atoms with Crippen molar-refractivity contribution in [2.75, 3.05) is 65.3 Å². The van der Waals surface area contributed by atoms with Crippen LogP contribution >= 0.6 is 11.6 Å². The predicted octanol–water partition coefficient (Wildman–Crippen LogP) is 2.17. The summed E-state index contributed by atoms with van der Waals surface area (Å²) in [6.07, 6.45) is 0.637. The molecule has 1 atom stereocenters. The number of anilines is 1. The lowest BCUT2D eigenvalue weighted by molar-refractivity contribution is -0.139. The highest BCUT2D eigenvalue weighted by atomic mass is 35.5. The van der Waals surface area contributed by atoms with Crippen molar-refractivity contribution in [3.8, 4) is 0 Å². The molecule has 1 fully saturated rings. The lowest BCUT2D eigenvalue weighted by atomic mass is 10.0. The van der Waals surface area contributed by atoms with Gasteiger partial charge in [0.15, 0.2) is 0 Å². The van der Waals surface area contributed by atoms with Crippen LogP contribution in [-0.4, -0.2) is 82.0 Å². The van der Waals surface area contributed by atoms with Gasteiger partial charge in [-0.2, -0.15) is 0 Å². The van der Waals surface area contributed by atoms with E-state index in [0.717, 1.165) is 43.0 Å². The maximum Gasteiger partial charge on any atom is 0.309 e. The van der Waals surface area contributed by atoms with Gasteiger partial charge in [-0.3, -0.25) is 14.5 Å². The van der Waals surface area contributed by atoms with Gasteiger partial charge >= 0.3 is 11.8 Å². The number of hydrogen-bond acceptors (Lipinski definition) is 5. The molecule has 178 valence electrons. The number of halogens is 1. The van der Waals surface area contributed by atoms with E-state index >= 15 is 0 Å². The lowest BCUT2D eigenvalue weighted by Gasteiger charge is -2.38. The Bertz CT molecular complexity index is 909. The summed E-state index contributed by atoms with van der Waals surface area (Å²) in [5, 5.41) is 6.23. The fraction of sp³-hybridized carbons (Fsp3) is 0.440. The van der Waals surface area contributed by atoms with Crippen LogP contribution in [0.25, 0.3) is 0 Å². The molecular weight excluding hydrogens is 438 g/mol. The van der Waals surface area contributed by atoms with Crippen LogP contribution in [0.2, 0.25) is 5.02 Å². The Morgan fingerprint density at radius 2 is 1.55 bits per heavy atom. The summed E-state index contributed by atoms with van der Waals surface area (Å²) in [5.41, 5.74) is 3.31. The number of nitrogens with zero attached hydrogens (tertiary/aromatic N) is 3. The molecule has 0 radical (unpaired) electrons. The first-order chi connectivity index (χ1) is 15.8. The highest BCUT2D eigenvalue weighted by Gasteiger charge is 2.25. The Labute approximate surface area is 201 Å². The summed E-state index contributed by atoms with van der Waals surface area (Å²) >= 11 is 5.90. The zero-order chi connectivity index (χ0) is 23.8. The van der Waals surface area contributed by atoms with E-state index in [1.807, 2.05) is 38.4 Å². The minimum atomic E-state index is -0.607. The summed E-state index contributed by atoms with van der Waals surface area (Å²) < 4.78 is 0. The van der Waals surface area contributed by atoms with Gasteiger partial charge in [0.2, 0.25) is 0 Å². The molecule has 1 heterocycles. The quantitative estimate of drug-likeness (QED) is 0.577. The van der Waals surface area contributed by atoms with Crippen molar-refractivity contribution >= 4 is 29.1 Å². The molecule has 2 amide bonds. The zero-order valence-corrected chi connectivity index (χ0v) is 20.4. The maximum atomic E-state index is 12.5. The van der Waals surface area contributed by atoms with Crippen molar-refractivity contribution in [3.05, 3.63) is 64.7 Å². The molecule has 1 saturated heterocycles. The lowest BCUT2D eigenvalue weighted by Crippen LogP contribution is -2.49. The number of likely N-dealkylation sites (N-methyl/N-ethyl adjacent to an activating group) is 1. The van der Waals surface area contributed by atoms with Crippen molar-refractivity contribution in [3.63, 3.8) is 0 Å². The highest BCUT2D eigenvalue weighted by molar-refractivity contribution is 6.35. The standard InChI is InChI=1S/C25H34ClN5O2/c1-29(2)22-10-6-20(7-11-22)23(31-16-14-30(3)15-17-31)18-28-25(33)24(32)27-13-12-19-4-8-21(26)9-5-19/h4-11,23H,12-18H2,1-3H3,(H,27,32)(H,28,33). The normalized spacial score (nSPS) is 15.6. The van der Waals surface area contributed by atoms with Gasteiger partial charge in [-0.15, -0.1) is 0 Å². The average molecular weight is 472 g/mol. The van der Waals surface area contributed by atoms with Gasteiger partial charge in [-0.25, -0.2) is 0 Å². The topological polar surface area (TPSA) is 67.9 Å². The molecule has 1 unspecified atom stereocenters. The summed E-state index contributed by atoms with van der Waals surface area (Å²) in [7, 11) is 6.14. The average Bonchev–Trinajstić information content (AvgIpc) is 2.81. The molecule has 8 heteroatoms. The first kappa shape index (κ1) is 25.0. The van der Waals surface area contributed by atoms with E-state index in [-0.39, 0.29) is 6.04 Å². The van der Waals surface area contributed by atoms with E-state index in [1.54, 1.807) is 0 Å². The fourth-order valence-electron chi connectivity index (χ4n) is 3.91. The molecule has 3 rings (SSSR count). The van der Waals surface area contributed by atoms with Crippen molar-refractivity contribution in [2.45, 2.75) is 12.5 Å². The van der Waals surface area contributed by atoms with E-state index in [1.165, 1.54) is 0 Å². The monoisotopic (exact) mass is 471 g/mol. The van der Waals surface area contributed by atoms with Gasteiger partial charge in [0.05, 0.1) is 6.04 Å². The molecule has 0 bridgehead atoms. The Morgan fingerprint density at radius 3 is 2.15 bits per heavy atom. The van der Waals surface area contributed by atoms with Gasteiger partial charge in [0.1, 0.15) is 0 Å². The molecule has 33 heavy (non-hydrogen) atoms. The fourth-order valence-corrected chi connectivity index (χ4v) is 4.03. The summed E-state index contributed by atoms with van der Waals surface area (Å²) in [6.45, 7) is 4.56. The second-order valence-electron chi connectivity index (χ2n) is 8.68. The number of carbonyl (C=O) groups is 2. The SMILES string of the molecule is CN1CCN(C(CNC(=O)C(=O)NCCc2ccc(Cl)cc2)c2ccc(N(C)C)cc2)CC1. The van der Waals surface area contributed by atoms with Crippen LogP contribution in [-0.2, 0) is 16.0 Å². The third-order valence-corrected chi connectivity index (χ3v) is 6.30. The van der Waals surface area contributed by atoms with Crippen LogP contribution in [0.15, 0.2) is 48.5 Å². The van der Waals surface area contributed by atoms with Gasteiger partial charge in [0, 0.05) is 64.1 Å². The third-order valence-electron chi connectivity index (χ3n) is 6.05. The van der Waals surface area contributed by atoms with Gasteiger partial charge < -0.3 is 20.4 Å². The van der Waals surface area contributed by atoms with E-state index in [0.29, 0.717) is 24.5 Å². The van der Waals surface area contributed by atoms with Crippen molar-refractivity contribution in [1.82, 2.24) is 20.4 Å². The highest BCUT2D eigenvalue weighted by Crippen LogP contribution is 2.24. The zero-order valence-electron chi connectivity index (χ0n) is 19.7. The van der Waals surface area contributed by atoms with E-state index in [9.17, 15) is 9.59 Å². The van der Waals surface area contributed by atoms with Crippen LogP contribution in [0.4, 0.5) is 5.69 Å². The van der Waals surface area contributed by atoms with Crippen LogP contribution in [0, 0.1) is 0 Å². The molecular formula is C25H34ClN5O2. The van der Waals surface area contributed by atoms with E-state index in [4.69, 9.17) is 11.6 Å². The minimum Gasteiger partial charge on any atom is -0.378 e. The molecule has 1 aliphatic rings. The molecule has 2 N–H and O–H groups in total. The number of amides is 2. The van der Waals surface area contributed by atoms with Gasteiger partial charge in [0.25, 0.3) is 0 Å². The van der Waals surface area contributed by atoms with Crippen molar-refractivity contribution < 1.29 is 9.59 Å². The molecule has 0 aliphatic carbocycles. The summed E-state index contributed by atoms with van der Waals surface area (Å²) in [4.78, 5) is 31.5. The number of carbonyl (C=O) groups excluding carboxylic acids is 2. The number of piperazine rings is 1. The first-order valence-electron chi connectivity index (χ1n) is 11.3. The Morgan fingerprint density at radius 1 is 0.939 bits per heavy atom. The summed E-state index contributed by atoms with van der Waals surface area (Å²) in [6, 6.07) is 15.9. The summed E-state index contributed by atoms with van der Waals surface area (Å²) in [5.74, 6) is -1.21. The molecule has 7 nitrogen and oxygen atoms in total. The van der Waals surface area contributed by atoms with Crippen LogP contribution in [0.3, 0.4) is 0 Å². The molecule has 1 aliphatic heterocycles. The molecule has 2 aromatic rings. The van der Waals surface area contributed by atoms with E-state index in [2.05, 4.69) is 56.6 Å². The maximum absolute atomic E-state index is 12.5. The predicted molar refractivity (Wildman–Crippen MR) is 134 cm³/mol. The number of hydrogen-bond donors (Lipinski definition) is 2. The van der Waals surface area contributed by atoms with Crippen LogP contribution in [0.5, 0.6) is 0 Å². The largest absolute Gasteiger partial charge is 0.378 e. The molecule has 0 spiro atoms.